The molecule has 0 atom stereocenters. The van der Waals surface area contributed by atoms with Crippen LogP contribution in [0, 0.1) is 0 Å². The SMILES string of the molecule is CN1C(=O)/C(=C/c2cn(CC(=O)Nc3ccccc3)c3ccccc23)C(=O)NC1=S. The number of aromatic nitrogens is 1. The fourth-order valence-corrected chi connectivity index (χ4v) is 3.47. The second-order valence-electron chi connectivity index (χ2n) is 6.83. The Morgan fingerprint density at radius 3 is 2.57 bits per heavy atom. The summed E-state index contributed by atoms with van der Waals surface area (Å²) in [7, 11) is 1.51. The highest BCUT2D eigenvalue weighted by Crippen LogP contribution is 2.25. The molecule has 2 aromatic carbocycles. The highest BCUT2D eigenvalue weighted by atomic mass is 32.1. The lowest BCUT2D eigenvalue weighted by Crippen LogP contribution is -2.52. The molecule has 30 heavy (non-hydrogen) atoms. The molecule has 150 valence electrons. The normalized spacial score (nSPS) is 15.6. The molecule has 0 saturated carbocycles. The number of amides is 3. The smallest absolute Gasteiger partial charge is 0.265 e. The van der Waals surface area contributed by atoms with Gasteiger partial charge in [0.15, 0.2) is 5.11 Å². The van der Waals surface area contributed by atoms with Gasteiger partial charge in [0.05, 0.1) is 0 Å². The summed E-state index contributed by atoms with van der Waals surface area (Å²) in [6, 6.07) is 16.7. The maximum absolute atomic E-state index is 12.5. The number of hydrogen-bond donors (Lipinski definition) is 2. The van der Waals surface area contributed by atoms with E-state index in [1.807, 2.05) is 54.6 Å². The van der Waals surface area contributed by atoms with Gasteiger partial charge in [-0.1, -0.05) is 36.4 Å². The van der Waals surface area contributed by atoms with Crippen molar-refractivity contribution in [1.82, 2.24) is 14.8 Å². The van der Waals surface area contributed by atoms with Crippen molar-refractivity contribution < 1.29 is 14.4 Å². The van der Waals surface area contributed by atoms with E-state index in [2.05, 4.69) is 10.6 Å². The zero-order valence-electron chi connectivity index (χ0n) is 16.1. The number of thiocarbonyl (C=S) groups is 1. The molecule has 3 amide bonds. The number of anilines is 1. The zero-order valence-corrected chi connectivity index (χ0v) is 16.9. The van der Waals surface area contributed by atoms with Crippen molar-refractivity contribution in [2.45, 2.75) is 6.54 Å². The predicted molar refractivity (Wildman–Crippen MR) is 118 cm³/mol. The Hall–Kier alpha value is -3.78. The Morgan fingerprint density at radius 1 is 1.10 bits per heavy atom. The number of carbonyl (C=O) groups is 3. The average molecular weight is 418 g/mol. The molecule has 4 rings (SSSR count). The van der Waals surface area contributed by atoms with Crippen LogP contribution in [-0.4, -0.2) is 39.3 Å². The Morgan fingerprint density at radius 2 is 1.80 bits per heavy atom. The monoisotopic (exact) mass is 418 g/mol. The van der Waals surface area contributed by atoms with Crippen LogP contribution in [0.3, 0.4) is 0 Å². The molecule has 1 aromatic heterocycles. The van der Waals surface area contributed by atoms with Crippen LogP contribution in [0.2, 0.25) is 0 Å². The van der Waals surface area contributed by atoms with Crippen LogP contribution in [0.4, 0.5) is 5.69 Å². The first-order valence-electron chi connectivity index (χ1n) is 9.22. The van der Waals surface area contributed by atoms with Crippen LogP contribution in [0.15, 0.2) is 66.4 Å². The summed E-state index contributed by atoms with van der Waals surface area (Å²) in [5.74, 6) is -1.19. The highest BCUT2D eigenvalue weighted by molar-refractivity contribution is 7.80. The molecule has 2 N–H and O–H groups in total. The molecular weight excluding hydrogens is 400 g/mol. The molecule has 1 aliphatic heterocycles. The van der Waals surface area contributed by atoms with Gasteiger partial charge in [0.1, 0.15) is 12.1 Å². The Bertz CT molecular complexity index is 1210. The summed E-state index contributed by atoms with van der Waals surface area (Å²) in [4.78, 5) is 38.6. The van der Waals surface area contributed by atoms with Crippen molar-refractivity contribution >= 4 is 57.7 Å². The van der Waals surface area contributed by atoms with Crippen LogP contribution in [0.5, 0.6) is 0 Å². The largest absolute Gasteiger partial charge is 0.337 e. The van der Waals surface area contributed by atoms with Gasteiger partial charge in [-0.15, -0.1) is 0 Å². The molecule has 3 aromatic rings. The number of nitrogens with zero attached hydrogens (tertiary/aromatic N) is 2. The van der Waals surface area contributed by atoms with Gasteiger partial charge in [-0.05, 0) is 36.5 Å². The Balaban J connectivity index is 1.67. The van der Waals surface area contributed by atoms with E-state index in [-0.39, 0.29) is 23.1 Å². The van der Waals surface area contributed by atoms with Crippen LogP contribution in [0.1, 0.15) is 5.56 Å². The number of carbonyl (C=O) groups excluding carboxylic acids is 3. The minimum absolute atomic E-state index is 0.0114. The highest BCUT2D eigenvalue weighted by Gasteiger charge is 2.31. The Labute approximate surface area is 178 Å². The van der Waals surface area contributed by atoms with Crippen molar-refractivity contribution in [1.29, 1.82) is 0 Å². The Kier molecular flexibility index (Phi) is 5.16. The maximum atomic E-state index is 12.5. The number of rotatable bonds is 4. The van der Waals surface area contributed by atoms with E-state index in [0.29, 0.717) is 11.3 Å². The van der Waals surface area contributed by atoms with Gasteiger partial charge >= 0.3 is 0 Å². The number of nitrogens with one attached hydrogen (secondary N) is 2. The molecule has 1 fully saturated rings. The molecule has 8 heteroatoms. The first kappa shape index (κ1) is 19.5. The summed E-state index contributed by atoms with van der Waals surface area (Å²) >= 11 is 4.98. The van der Waals surface area contributed by atoms with Crippen molar-refractivity contribution in [3.8, 4) is 0 Å². The van der Waals surface area contributed by atoms with Gasteiger partial charge in [0.2, 0.25) is 5.91 Å². The van der Waals surface area contributed by atoms with E-state index < -0.39 is 11.8 Å². The number of hydrogen-bond acceptors (Lipinski definition) is 4. The van der Waals surface area contributed by atoms with Crippen LogP contribution >= 0.6 is 12.2 Å². The van der Waals surface area contributed by atoms with Gasteiger partial charge in [0, 0.05) is 35.4 Å². The topological polar surface area (TPSA) is 83.4 Å². The third kappa shape index (κ3) is 3.72. The minimum atomic E-state index is -0.540. The molecule has 0 bridgehead atoms. The second-order valence-corrected chi connectivity index (χ2v) is 7.21. The van der Waals surface area contributed by atoms with E-state index in [9.17, 15) is 14.4 Å². The molecule has 7 nitrogen and oxygen atoms in total. The van der Waals surface area contributed by atoms with Crippen LogP contribution in [-0.2, 0) is 20.9 Å². The fourth-order valence-electron chi connectivity index (χ4n) is 3.30. The first-order valence-corrected chi connectivity index (χ1v) is 9.62. The van der Waals surface area contributed by atoms with E-state index in [4.69, 9.17) is 12.2 Å². The fraction of sp³-hybridized carbons (Fsp3) is 0.0909. The number of benzene rings is 2. The molecule has 0 aliphatic carbocycles. The molecule has 2 heterocycles. The van der Waals surface area contributed by atoms with Crippen LogP contribution < -0.4 is 10.6 Å². The summed E-state index contributed by atoms with van der Waals surface area (Å²) in [5, 5.41) is 6.26. The van der Waals surface area contributed by atoms with E-state index >= 15 is 0 Å². The quantitative estimate of drug-likeness (QED) is 0.388. The van der Waals surface area contributed by atoms with Gasteiger partial charge in [0.25, 0.3) is 11.8 Å². The van der Waals surface area contributed by atoms with Crippen molar-refractivity contribution in [3.05, 3.63) is 71.9 Å². The summed E-state index contributed by atoms with van der Waals surface area (Å²) in [6.07, 6.45) is 3.29. The summed E-state index contributed by atoms with van der Waals surface area (Å²) in [6.45, 7) is 0.0860. The van der Waals surface area contributed by atoms with Crippen molar-refractivity contribution in [2.75, 3.05) is 12.4 Å². The zero-order chi connectivity index (χ0) is 21.3. The summed E-state index contributed by atoms with van der Waals surface area (Å²) < 4.78 is 1.79. The predicted octanol–water partition coefficient (Wildman–Crippen LogP) is 2.54. The average Bonchev–Trinajstić information content (AvgIpc) is 3.07. The third-order valence-corrected chi connectivity index (χ3v) is 5.17. The van der Waals surface area contributed by atoms with Gasteiger partial charge < -0.3 is 9.88 Å². The van der Waals surface area contributed by atoms with Crippen molar-refractivity contribution in [3.63, 3.8) is 0 Å². The van der Waals surface area contributed by atoms with Crippen LogP contribution in [0.25, 0.3) is 17.0 Å². The van der Waals surface area contributed by atoms with Gasteiger partial charge in [-0.2, -0.15) is 0 Å². The maximum Gasteiger partial charge on any atom is 0.265 e. The second kappa shape index (κ2) is 7.92. The standard InChI is InChI=1S/C22H18N4O3S/c1-25-21(29)17(20(28)24-22(25)30)11-14-12-26(18-10-6-5-9-16(14)18)13-19(27)23-15-7-3-2-4-8-15/h2-12H,13H2,1H3,(H,23,27)(H,24,28,30)/b17-11+. The number of likely N-dealkylation sites (N-methyl/N-ethyl adjacent to an activating group) is 1. The van der Waals surface area contributed by atoms with E-state index in [1.165, 1.54) is 18.0 Å². The minimum Gasteiger partial charge on any atom is -0.337 e. The molecule has 1 aliphatic rings. The lowest BCUT2D eigenvalue weighted by molar-refractivity contribution is -0.128. The molecule has 0 unspecified atom stereocenters. The van der Waals surface area contributed by atoms with Gasteiger partial charge in [-0.3, -0.25) is 24.6 Å². The molecule has 0 spiro atoms. The third-order valence-electron chi connectivity index (χ3n) is 4.80. The number of para-hydroxylation sites is 2. The van der Waals surface area contributed by atoms with Crippen molar-refractivity contribution in [2.24, 2.45) is 0 Å². The molecule has 0 radical (unpaired) electrons. The van der Waals surface area contributed by atoms with Gasteiger partial charge in [-0.25, -0.2) is 0 Å². The molecular formula is C22H18N4O3S. The lowest BCUT2D eigenvalue weighted by atomic mass is 10.1. The van der Waals surface area contributed by atoms with E-state index in [1.54, 1.807) is 10.8 Å². The lowest BCUT2D eigenvalue weighted by Gasteiger charge is -2.24. The summed E-state index contributed by atoms with van der Waals surface area (Å²) in [5.41, 5.74) is 2.19. The number of fused-ring (bicyclic) bond motifs is 1. The molecule has 1 saturated heterocycles. The van der Waals surface area contributed by atoms with E-state index in [0.717, 1.165) is 10.9 Å². The first-order chi connectivity index (χ1) is 14.4.